The molecule has 1 saturated heterocycles. The van der Waals surface area contributed by atoms with Gasteiger partial charge in [-0.15, -0.1) is 0 Å². The third kappa shape index (κ3) is 4.11. The highest BCUT2D eigenvalue weighted by atomic mass is 32.2. The number of carbonyl (C=O) groups excluding carboxylic acids is 2. The van der Waals surface area contributed by atoms with E-state index in [0.717, 1.165) is 10.5 Å². The van der Waals surface area contributed by atoms with Crippen molar-refractivity contribution in [1.82, 2.24) is 5.32 Å². The van der Waals surface area contributed by atoms with Crippen molar-refractivity contribution in [3.63, 3.8) is 0 Å². The van der Waals surface area contributed by atoms with Gasteiger partial charge in [-0.2, -0.15) is 0 Å². The molecule has 0 bridgehead atoms. The molecule has 1 fully saturated rings. The van der Waals surface area contributed by atoms with Gasteiger partial charge in [0.25, 0.3) is 0 Å². The molecule has 1 N–H and O–H groups in total. The molecule has 2 aliphatic rings. The first kappa shape index (κ1) is 20.2. The number of fused-ring (bicyclic) bond motifs is 1. The van der Waals surface area contributed by atoms with Crippen molar-refractivity contribution in [2.45, 2.75) is 25.1 Å². The van der Waals surface area contributed by atoms with Crippen LogP contribution in [0, 0.1) is 5.82 Å². The average molecular weight is 429 g/mol. The fourth-order valence-corrected chi connectivity index (χ4v) is 4.27. The van der Waals surface area contributed by atoms with Gasteiger partial charge >= 0.3 is 0 Å². The summed E-state index contributed by atoms with van der Waals surface area (Å²) in [6.45, 7) is 3.11. The second-order valence-electron chi connectivity index (χ2n) is 6.67. The van der Waals surface area contributed by atoms with Crippen molar-refractivity contribution in [2.24, 2.45) is 4.99 Å². The van der Waals surface area contributed by atoms with Crippen LogP contribution in [-0.2, 0) is 16.1 Å². The summed E-state index contributed by atoms with van der Waals surface area (Å²) >= 11 is 1.19. The number of anilines is 1. The van der Waals surface area contributed by atoms with Gasteiger partial charge in [0.15, 0.2) is 16.7 Å². The quantitative estimate of drug-likeness (QED) is 0.447. The summed E-state index contributed by atoms with van der Waals surface area (Å²) in [6.07, 6.45) is -0.00767. The summed E-state index contributed by atoms with van der Waals surface area (Å²) in [7, 11) is 0. The summed E-state index contributed by atoms with van der Waals surface area (Å²) in [5.41, 5.74) is 0.912. The van der Waals surface area contributed by atoms with Crippen LogP contribution in [0.4, 0.5) is 10.1 Å². The molecule has 156 valence electrons. The van der Waals surface area contributed by atoms with Gasteiger partial charge in [0.2, 0.25) is 18.6 Å². The predicted molar refractivity (Wildman–Crippen MR) is 112 cm³/mol. The van der Waals surface area contributed by atoms with Crippen molar-refractivity contribution < 1.29 is 23.5 Å². The number of hydrogen-bond acceptors (Lipinski definition) is 6. The van der Waals surface area contributed by atoms with Gasteiger partial charge in [0, 0.05) is 13.0 Å². The van der Waals surface area contributed by atoms with E-state index in [9.17, 15) is 14.0 Å². The van der Waals surface area contributed by atoms with Gasteiger partial charge in [-0.3, -0.25) is 14.6 Å². The second kappa shape index (κ2) is 8.74. The Labute approximate surface area is 177 Å². The summed E-state index contributed by atoms with van der Waals surface area (Å²) in [6, 6.07) is 11.4. The second-order valence-corrected chi connectivity index (χ2v) is 7.86. The molecule has 0 saturated carbocycles. The van der Waals surface area contributed by atoms with Gasteiger partial charge in [0.1, 0.15) is 11.1 Å². The number of para-hydroxylation sites is 1. The highest BCUT2D eigenvalue weighted by molar-refractivity contribution is 8.15. The van der Waals surface area contributed by atoms with Crippen LogP contribution in [0.2, 0.25) is 0 Å². The number of carbonyl (C=O) groups is 2. The summed E-state index contributed by atoms with van der Waals surface area (Å²) in [4.78, 5) is 30.7. The average Bonchev–Trinajstić information content (AvgIpc) is 3.31. The number of rotatable bonds is 5. The normalized spacial score (nSPS) is 18.3. The van der Waals surface area contributed by atoms with Crippen LogP contribution in [0.3, 0.4) is 0 Å². The molecule has 7 nitrogen and oxygen atoms in total. The first-order chi connectivity index (χ1) is 14.6. The van der Waals surface area contributed by atoms with Gasteiger partial charge in [0.05, 0.1) is 12.2 Å². The SMILES string of the molecule is CCNC(=NCc1ccc2c(c1)OCO2)S[C@H]1CC(=O)N(c2ccccc2F)C1=O. The van der Waals surface area contributed by atoms with E-state index in [2.05, 4.69) is 10.3 Å². The molecule has 0 aliphatic carbocycles. The number of halogens is 1. The number of thioether (sulfide) groups is 1. The lowest BCUT2D eigenvalue weighted by Gasteiger charge is -2.16. The van der Waals surface area contributed by atoms with Crippen molar-refractivity contribution in [2.75, 3.05) is 18.2 Å². The third-order valence-electron chi connectivity index (χ3n) is 4.62. The van der Waals surface area contributed by atoms with Crippen LogP contribution >= 0.6 is 11.8 Å². The number of benzene rings is 2. The Morgan fingerprint density at radius 2 is 2.03 bits per heavy atom. The summed E-state index contributed by atoms with van der Waals surface area (Å²) in [5, 5.41) is 3.03. The molecule has 2 aromatic rings. The van der Waals surface area contributed by atoms with Crippen LogP contribution in [0.5, 0.6) is 11.5 Å². The van der Waals surface area contributed by atoms with Crippen LogP contribution in [-0.4, -0.2) is 35.6 Å². The lowest BCUT2D eigenvalue weighted by molar-refractivity contribution is -0.121. The number of imide groups is 1. The lowest BCUT2D eigenvalue weighted by Crippen LogP contribution is -2.33. The number of amides is 2. The molecule has 2 amide bonds. The van der Waals surface area contributed by atoms with Crippen LogP contribution in [0.15, 0.2) is 47.5 Å². The zero-order chi connectivity index (χ0) is 21.1. The third-order valence-corrected chi connectivity index (χ3v) is 5.77. The van der Waals surface area contributed by atoms with E-state index in [1.165, 1.54) is 30.0 Å². The minimum absolute atomic E-state index is 0.00767. The van der Waals surface area contributed by atoms with Crippen molar-refractivity contribution in [3.8, 4) is 11.5 Å². The molecular weight excluding hydrogens is 409 g/mol. The molecule has 2 aromatic carbocycles. The van der Waals surface area contributed by atoms with E-state index < -0.39 is 22.9 Å². The first-order valence-corrected chi connectivity index (χ1v) is 10.4. The van der Waals surface area contributed by atoms with Gasteiger partial charge < -0.3 is 14.8 Å². The Bertz CT molecular complexity index is 1010. The monoisotopic (exact) mass is 429 g/mol. The molecule has 4 rings (SSSR count). The van der Waals surface area contributed by atoms with E-state index in [-0.39, 0.29) is 18.9 Å². The van der Waals surface area contributed by atoms with E-state index in [1.807, 2.05) is 25.1 Å². The van der Waals surface area contributed by atoms with E-state index in [1.54, 1.807) is 6.07 Å². The largest absolute Gasteiger partial charge is 0.454 e. The van der Waals surface area contributed by atoms with Crippen molar-refractivity contribution in [3.05, 3.63) is 53.8 Å². The topological polar surface area (TPSA) is 80.2 Å². The molecule has 9 heteroatoms. The van der Waals surface area contributed by atoms with E-state index in [4.69, 9.17) is 9.47 Å². The highest BCUT2D eigenvalue weighted by Gasteiger charge is 2.41. The van der Waals surface area contributed by atoms with Crippen LogP contribution in [0.25, 0.3) is 0 Å². The van der Waals surface area contributed by atoms with Gasteiger partial charge in [-0.05, 0) is 36.8 Å². The number of amidine groups is 1. The Morgan fingerprint density at radius 1 is 1.23 bits per heavy atom. The minimum atomic E-state index is -0.660. The van der Waals surface area contributed by atoms with Gasteiger partial charge in [-0.1, -0.05) is 30.0 Å². The minimum Gasteiger partial charge on any atom is -0.454 e. The molecule has 2 aliphatic heterocycles. The van der Waals surface area contributed by atoms with E-state index >= 15 is 0 Å². The highest BCUT2D eigenvalue weighted by Crippen LogP contribution is 2.33. The maximum atomic E-state index is 14.1. The van der Waals surface area contributed by atoms with Crippen molar-refractivity contribution in [1.29, 1.82) is 0 Å². The lowest BCUT2D eigenvalue weighted by atomic mass is 10.2. The fourth-order valence-electron chi connectivity index (χ4n) is 3.21. The molecule has 0 unspecified atom stereocenters. The smallest absolute Gasteiger partial charge is 0.247 e. The Balaban J connectivity index is 1.48. The Kier molecular flexibility index (Phi) is 5.89. The molecule has 0 radical (unpaired) electrons. The molecule has 2 heterocycles. The summed E-state index contributed by atoms with van der Waals surface area (Å²) < 4.78 is 24.8. The zero-order valence-corrected chi connectivity index (χ0v) is 17.1. The number of ether oxygens (including phenoxy) is 2. The molecular formula is C21H20FN3O4S. The standard InChI is InChI=1S/C21H20FN3O4S/c1-2-23-21(24-11-13-7-8-16-17(9-13)29-12-28-16)30-18-10-19(26)25(20(18)27)15-6-4-3-5-14(15)22/h3-9,18H,2,10-12H2,1H3,(H,23,24)/t18-/m0/s1. The first-order valence-electron chi connectivity index (χ1n) is 9.51. The van der Waals surface area contributed by atoms with Crippen molar-refractivity contribution >= 4 is 34.4 Å². The Morgan fingerprint density at radius 3 is 2.83 bits per heavy atom. The molecule has 30 heavy (non-hydrogen) atoms. The fraction of sp³-hybridized carbons (Fsp3) is 0.286. The molecule has 0 aromatic heterocycles. The summed E-state index contributed by atoms with van der Waals surface area (Å²) in [5.74, 6) is -0.0870. The number of aliphatic imine (C=N–C) groups is 1. The van der Waals surface area contributed by atoms with E-state index in [0.29, 0.717) is 29.8 Å². The maximum absolute atomic E-state index is 14.1. The maximum Gasteiger partial charge on any atom is 0.247 e. The number of hydrogen-bond donors (Lipinski definition) is 1. The van der Waals surface area contributed by atoms with Gasteiger partial charge in [-0.25, -0.2) is 9.29 Å². The Hall–Kier alpha value is -3.07. The number of nitrogens with zero attached hydrogens (tertiary/aromatic N) is 2. The van der Waals surface area contributed by atoms with Crippen LogP contribution in [0.1, 0.15) is 18.9 Å². The predicted octanol–water partition coefficient (Wildman–Crippen LogP) is 3.09. The zero-order valence-electron chi connectivity index (χ0n) is 16.3. The molecule has 0 spiro atoms. The molecule has 1 atom stereocenters. The van der Waals surface area contributed by atoms with Crippen LogP contribution < -0.4 is 19.7 Å². The number of nitrogens with one attached hydrogen (secondary N) is 1.